The number of nitrogens with zero attached hydrogens (tertiary/aromatic N) is 1. The summed E-state index contributed by atoms with van der Waals surface area (Å²) >= 11 is 5.18. The van der Waals surface area contributed by atoms with Crippen LogP contribution in [0, 0.1) is 21.8 Å². The quantitative estimate of drug-likeness (QED) is 0.507. The number of hydrogen-bond acceptors (Lipinski definition) is 3. The Balaban J connectivity index is 2.02. The zero-order chi connectivity index (χ0) is 15.4. The number of rotatable bonds is 3. The fraction of sp³-hybridized carbons (Fsp3) is 0.500. The van der Waals surface area contributed by atoms with Crippen LogP contribution >= 0.6 is 12.2 Å². The average molecular weight is 311 g/mol. The minimum Gasteiger partial charge on any atom is -0.359 e. The summed E-state index contributed by atoms with van der Waals surface area (Å²) < 4.78 is 13.7. The Kier molecular flexibility index (Phi) is 5.06. The number of non-ortho nitro benzene ring substituents is 1. The van der Waals surface area contributed by atoms with Gasteiger partial charge in [0.25, 0.3) is 5.69 Å². The molecule has 5 nitrogen and oxygen atoms in total. The molecule has 1 aromatic carbocycles. The maximum absolute atomic E-state index is 13.7. The molecule has 0 unspecified atom stereocenters. The lowest BCUT2D eigenvalue weighted by atomic mass is 9.86. The molecule has 2 atom stereocenters. The third kappa shape index (κ3) is 4.10. The van der Waals surface area contributed by atoms with Crippen LogP contribution in [-0.4, -0.2) is 16.1 Å². The zero-order valence-electron chi connectivity index (χ0n) is 11.8. The molecule has 0 aliphatic heterocycles. The Hall–Kier alpha value is -1.76. The second-order valence-electron chi connectivity index (χ2n) is 5.39. The summed E-state index contributed by atoms with van der Waals surface area (Å²) in [6.45, 7) is 2.16. The molecule has 1 aromatic rings. The Morgan fingerprint density at radius 1 is 1.43 bits per heavy atom. The van der Waals surface area contributed by atoms with E-state index in [1.807, 2.05) is 0 Å². The lowest BCUT2D eigenvalue weighted by Gasteiger charge is -2.30. The van der Waals surface area contributed by atoms with Gasteiger partial charge < -0.3 is 10.6 Å². The number of hydrogen-bond donors (Lipinski definition) is 2. The fourth-order valence-corrected chi connectivity index (χ4v) is 2.84. The Labute approximate surface area is 128 Å². The summed E-state index contributed by atoms with van der Waals surface area (Å²) in [6.07, 6.45) is 4.54. The van der Waals surface area contributed by atoms with Gasteiger partial charge in [0, 0.05) is 18.2 Å². The number of anilines is 1. The van der Waals surface area contributed by atoms with Crippen LogP contribution in [-0.2, 0) is 0 Å². The number of nitro groups is 1. The van der Waals surface area contributed by atoms with E-state index in [-0.39, 0.29) is 17.4 Å². The molecule has 1 aliphatic rings. The number of halogens is 1. The molecule has 1 fully saturated rings. The standard InChI is InChI=1S/C14H18FN3O2S/c1-9-4-2-3-5-12(9)16-14(21)17-13-8-10(18(19)20)6-7-11(13)15/h6-9,12H,2-5H2,1H3,(H2,16,17,21)/t9-,12+/m1/s1. The summed E-state index contributed by atoms with van der Waals surface area (Å²) in [5, 5.41) is 16.9. The predicted octanol–water partition coefficient (Wildman–Crippen LogP) is 3.60. The number of benzene rings is 1. The summed E-state index contributed by atoms with van der Waals surface area (Å²) in [4.78, 5) is 10.2. The highest BCUT2D eigenvalue weighted by Gasteiger charge is 2.22. The van der Waals surface area contributed by atoms with Crippen molar-refractivity contribution in [2.45, 2.75) is 38.6 Å². The van der Waals surface area contributed by atoms with Crippen LogP contribution in [0.3, 0.4) is 0 Å². The largest absolute Gasteiger partial charge is 0.359 e. The Bertz CT molecular complexity index is 553. The van der Waals surface area contributed by atoms with E-state index in [4.69, 9.17) is 12.2 Å². The third-order valence-corrected chi connectivity index (χ3v) is 4.06. The molecule has 1 saturated carbocycles. The van der Waals surface area contributed by atoms with E-state index in [9.17, 15) is 14.5 Å². The summed E-state index contributed by atoms with van der Waals surface area (Å²) in [5.41, 5.74) is -0.155. The average Bonchev–Trinajstić information content (AvgIpc) is 2.43. The topological polar surface area (TPSA) is 67.2 Å². The van der Waals surface area contributed by atoms with Crippen molar-refractivity contribution in [1.29, 1.82) is 0 Å². The van der Waals surface area contributed by atoms with E-state index in [1.54, 1.807) is 0 Å². The molecule has 0 spiro atoms. The van der Waals surface area contributed by atoms with E-state index in [2.05, 4.69) is 17.6 Å². The van der Waals surface area contributed by atoms with Crippen LogP contribution in [0.25, 0.3) is 0 Å². The van der Waals surface area contributed by atoms with Crippen molar-refractivity contribution >= 4 is 28.7 Å². The lowest BCUT2D eigenvalue weighted by Crippen LogP contribution is -2.43. The van der Waals surface area contributed by atoms with Crippen molar-refractivity contribution in [2.75, 3.05) is 5.32 Å². The third-order valence-electron chi connectivity index (χ3n) is 3.84. The van der Waals surface area contributed by atoms with Gasteiger partial charge in [0.05, 0.1) is 10.6 Å². The smallest absolute Gasteiger partial charge is 0.271 e. The lowest BCUT2D eigenvalue weighted by molar-refractivity contribution is -0.384. The molecule has 0 radical (unpaired) electrons. The molecule has 21 heavy (non-hydrogen) atoms. The maximum Gasteiger partial charge on any atom is 0.271 e. The molecule has 0 amide bonds. The van der Waals surface area contributed by atoms with Crippen molar-refractivity contribution < 1.29 is 9.31 Å². The van der Waals surface area contributed by atoms with Crippen molar-refractivity contribution in [3.8, 4) is 0 Å². The molecule has 1 aliphatic carbocycles. The molecule has 2 N–H and O–H groups in total. The van der Waals surface area contributed by atoms with Crippen LogP contribution in [0.5, 0.6) is 0 Å². The number of nitrogens with one attached hydrogen (secondary N) is 2. The highest BCUT2D eigenvalue weighted by molar-refractivity contribution is 7.80. The zero-order valence-corrected chi connectivity index (χ0v) is 12.6. The van der Waals surface area contributed by atoms with E-state index in [0.29, 0.717) is 11.0 Å². The van der Waals surface area contributed by atoms with E-state index < -0.39 is 10.7 Å². The molecule has 0 bridgehead atoms. The first-order chi connectivity index (χ1) is 9.97. The number of nitro benzene ring substituents is 1. The van der Waals surface area contributed by atoms with Crippen molar-refractivity contribution in [2.24, 2.45) is 5.92 Å². The van der Waals surface area contributed by atoms with Crippen LogP contribution < -0.4 is 10.6 Å². The predicted molar refractivity (Wildman–Crippen MR) is 83.8 cm³/mol. The molecule has 0 saturated heterocycles. The summed E-state index contributed by atoms with van der Waals surface area (Å²) in [5.74, 6) is -0.0603. The van der Waals surface area contributed by atoms with Gasteiger partial charge in [0.1, 0.15) is 5.82 Å². The Morgan fingerprint density at radius 2 is 2.14 bits per heavy atom. The first-order valence-electron chi connectivity index (χ1n) is 6.99. The minimum atomic E-state index is -0.568. The van der Waals surface area contributed by atoms with Crippen LogP contribution in [0.15, 0.2) is 18.2 Å². The highest BCUT2D eigenvalue weighted by Crippen LogP contribution is 2.24. The van der Waals surface area contributed by atoms with E-state index in [1.165, 1.54) is 6.42 Å². The molecule has 114 valence electrons. The first kappa shape index (κ1) is 15.6. The maximum atomic E-state index is 13.7. The summed E-state index contributed by atoms with van der Waals surface area (Å²) in [7, 11) is 0. The summed E-state index contributed by atoms with van der Waals surface area (Å²) in [6, 6.07) is 3.60. The van der Waals surface area contributed by atoms with Crippen molar-refractivity contribution in [1.82, 2.24) is 5.32 Å². The fourth-order valence-electron chi connectivity index (χ4n) is 2.58. The highest BCUT2D eigenvalue weighted by atomic mass is 32.1. The van der Waals surface area contributed by atoms with Gasteiger partial charge in [-0.1, -0.05) is 19.8 Å². The van der Waals surface area contributed by atoms with E-state index >= 15 is 0 Å². The van der Waals surface area contributed by atoms with Gasteiger partial charge in [-0.2, -0.15) is 0 Å². The van der Waals surface area contributed by atoms with Crippen molar-refractivity contribution in [3.05, 3.63) is 34.1 Å². The van der Waals surface area contributed by atoms with Crippen LogP contribution in [0.2, 0.25) is 0 Å². The van der Waals surface area contributed by atoms with Gasteiger partial charge >= 0.3 is 0 Å². The van der Waals surface area contributed by atoms with Gasteiger partial charge in [-0.05, 0) is 37.0 Å². The van der Waals surface area contributed by atoms with Gasteiger partial charge in [-0.25, -0.2) is 4.39 Å². The Morgan fingerprint density at radius 3 is 2.81 bits per heavy atom. The molecular weight excluding hydrogens is 293 g/mol. The molecule has 2 rings (SSSR count). The van der Waals surface area contributed by atoms with Crippen molar-refractivity contribution in [3.63, 3.8) is 0 Å². The normalized spacial score (nSPS) is 21.6. The second-order valence-corrected chi connectivity index (χ2v) is 5.80. The minimum absolute atomic E-state index is 0.0187. The molecule has 0 aromatic heterocycles. The first-order valence-corrected chi connectivity index (χ1v) is 7.39. The van der Waals surface area contributed by atoms with E-state index in [0.717, 1.165) is 37.5 Å². The monoisotopic (exact) mass is 311 g/mol. The SMILES string of the molecule is C[C@@H]1CCCC[C@@H]1NC(=S)Nc1cc([N+](=O)[O-])ccc1F. The molecular formula is C14H18FN3O2S. The molecule has 0 heterocycles. The van der Waals surface area contributed by atoms with Gasteiger partial charge in [-0.3, -0.25) is 10.1 Å². The molecule has 7 heteroatoms. The van der Waals surface area contributed by atoms with Gasteiger partial charge in [0.2, 0.25) is 0 Å². The van der Waals surface area contributed by atoms with Gasteiger partial charge in [-0.15, -0.1) is 0 Å². The number of thiocarbonyl (C=S) groups is 1. The van der Waals surface area contributed by atoms with Crippen LogP contribution in [0.1, 0.15) is 32.6 Å². The second kappa shape index (κ2) is 6.80. The van der Waals surface area contributed by atoms with Gasteiger partial charge in [0.15, 0.2) is 5.11 Å². The van der Waals surface area contributed by atoms with Crippen LogP contribution in [0.4, 0.5) is 15.8 Å².